The maximum absolute atomic E-state index is 6.05. The van der Waals surface area contributed by atoms with Crippen molar-refractivity contribution in [3.63, 3.8) is 0 Å². The largest absolute Gasteiger partial charge is 0.328 e. The van der Waals surface area contributed by atoms with E-state index in [1.165, 1.54) is 5.56 Å². The second-order valence-electron chi connectivity index (χ2n) is 4.12. The molecule has 6 heteroatoms. The van der Waals surface area contributed by atoms with E-state index in [2.05, 4.69) is 10.2 Å². The highest BCUT2D eigenvalue weighted by atomic mass is 35.5. The van der Waals surface area contributed by atoms with Crippen LogP contribution in [0.2, 0.25) is 5.02 Å². The lowest BCUT2D eigenvalue weighted by Crippen LogP contribution is -2.18. The van der Waals surface area contributed by atoms with Crippen LogP contribution in [-0.2, 0) is 6.42 Å². The Hall–Kier alpha value is -0.620. The minimum Gasteiger partial charge on any atom is -0.328 e. The van der Waals surface area contributed by atoms with Crippen molar-refractivity contribution in [1.29, 1.82) is 0 Å². The number of nitrogens with zero attached hydrogens (tertiary/aromatic N) is 2. The van der Waals surface area contributed by atoms with Gasteiger partial charge in [-0.25, -0.2) is 0 Å². The Kier molecular flexibility index (Phi) is 4.61. The molecule has 0 saturated carbocycles. The van der Waals surface area contributed by atoms with Crippen molar-refractivity contribution in [2.45, 2.75) is 35.5 Å². The Labute approximate surface area is 120 Å². The van der Waals surface area contributed by atoms with Gasteiger partial charge in [0.05, 0.1) is 0 Å². The van der Waals surface area contributed by atoms with E-state index >= 15 is 0 Å². The maximum atomic E-state index is 6.05. The fourth-order valence-electron chi connectivity index (χ4n) is 1.55. The minimum atomic E-state index is 0.127. The lowest BCUT2D eigenvalue weighted by molar-refractivity contribution is 0.729. The number of halogens is 1. The van der Waals surface area contributed by atoms with Crippen LogP contribution >= 0.6 is 34.7 Å². The first-order valence-corrected chi connectivity index (χ1v) is 7.57. The summed E-state index contributed by atoms with van der Waals surface area (Å²) in [5.74, 6) is 0. The Morgan fingerprint density at radius 3 is 2.83 bits per heavy atom. The van der Waals surface area contributed by atoms with E-state index in [0.717, 1.165) is 25.7 Å². The van der Waals surface area contributed by atoms with E-state index in [-0.39, 0.29) is 6.04 Å². The molecule has 1 unspecified atom stereocenters. The normalized spacial score (nSPS) is 12.7. The number of benzene rings is 1. The van der Waals surface area contributed by atoms with Crippen LogP contribution in [0.1, 0.15) is 17.5 Å². The summed E-state index contributed by atoms with van der Waals surface area (Å²) in [6, 6.07) is 6.01. The van der Waals surface area contributed by atoms with Crippen LogP contribution in [0.5, 0.6) is 0 Å². The summed E-state index contributed by atoms with van der Waals surface area (Å²) < 4.78 is 0.931. The van der Waals surface area contributed by atoms with Gasteiger partial charge in [-0.2, -0.15) is 0 Å². The van der Waals surface area contributed by atoms with Crippen LogP contribution in [0, 0.1) is 6.92 Å². The summed E-state index contributed by atoms with van der Waals surface area (Å²) in [4.78, 5) is 1.11. The fourth-order valence-corrected chi connectivity index (χ4v) is 3.74. The molecule has 0 saturated heterocycles. The molecule has 0 spiro atoms. The van der Waals surface area contributed by atoms with Crippen LogP contribution in [0.25, 0.3) is 0 Å². The van der Waals surface area contributed by atoms with E-state index in [1.807, 2.05) is 32.0 Å². The highest BCUT2D eigenvalue weighted by Gasteiger charge is 2.10. The first-order valence-electron chi connectivity index (χ1n) is 5.56. The number of hydrogen-bond acceptors (Lipinski definition) is 5. The standard InChI is InChI=1S/C12H14ClN3S2/c1-7(14)5-9-3-4-10(13)6-11(9)18-12-16-15-8(2)17-12/h3-4,6-7H,5,14H2,1-2H3. The van der Waals surface area contributed by atoms with Gasteiger partial charge in [-0.05, 0) is 38.0 Å². The summed E-state index contributed by atoms with van der Waals surface area (Å²) in [6.07, 6.45) is 0.831. The molecule has 0 radical (unpaired) electrons. The van der Waals surface area contributed by atoms with Crippen LogP contribution in [0.15, 0.2) is 27.4 Å². The van der Waals surface area contributed by atoms with Gasteiger partial charge >= 0.3 is 0 Å². The van der Waals surface area contributed by atoms with Gasteiger partial charge in [0, 0.05) is 16.0 Å². The molecule has 18 heavy (non-hydrogen) atoms. The van der Waals surface area contributed by atoms with Crippen molar-refractivity contribution in [1.82, 2.24) is 10.2 Å². The van der Waals surface area contributed by atoms with E-state index in [1.54, 1.807) is 23.1 Å². The Morgan fingerprint density at radius 1 is 1.44 bits per heavy atom. The van der Waals surface area contributed by atoms with Crippen LogP contribution in [0.3, 0.4) is 0 Å². The molecular weight excluding hydrogens is 286 g/mol. The molecule has 0 aliphatic rings. The monoisotopic (exact) mass is 299 g/mol. The van der Waals surface area contributed by atoms with Crippen molar-refractivity contribution >= 4 is 34.7 Å². The first-order chi connectivity index (χ1) is 8.54. The van der Waals surface area contributed by atoms with Gasteiger partial charge in [0.2, 0.25) is 0 Å². The molecule has 2 rings (SSSR count). The molecule has 0 amide bonds. The summed E-state index contributed by atoms with van der Waals surface area (Å²) in [7, 11) is 0. The Morgan fingerprint density at radius 2 is 2.22 bits per heavy atom. The first kappa shape index (κ1) is 13.8. The van der Waals surface area contributed by atoms with Crippen molar-refractivity contribution in [3.8, 4) is 0 Å². The minimum absolute atomic E-state index is 0.127. The second kappa shape index (κ2) is 6.02. The van der Waals surface area contributed by atoms with Crippen molar-refractivity contribution in [3.05, 3.63) is 33.8 Å². The van der Waals surface area contributed by atoms with E-state index in [4.69, 9.17) is 17.3 Å². The predicted octanol–water partition coefficient (Wildman–Crippen LogP) is 3.54. The quantitative estimate of drug-likeness (QED) is 0.938. The SMILES string of the molecule is Cc1nnc(Sc2cc(Cl)ccc2CC(C)N)s1. The van der Waals surface area contributed by atoms with Gasteiger partial charge in [-0.15, -0.1) is 10.2 Å². The highest BCUT2D eigenvalue weighted by molar-refractivity contribution is 8.01. The molecule has 1 aromatic carbocycles. The zero-order valence-corrected chi connectivity index (χ0v) is 12.6. The molecule has 1 atom stereocenters. The van der Waals surface area contributed by atoms with Gasteiger partial charge in [0.25, 0.3) is 0 Å². The van der Waals surface area contributed by atoms with E-state index < -0.39 is 0 Å². The predicted molar refractivity (Wildman–Crippen MR) is 77.6 cm³/mol. The van der Waals surface area contributed by atoms with E-state index in [9.17, 15) is 0 Å². The number of hydrogen-bond donors (Lipinski definition) is 1. The summed E-state index contributed by atoms with van der Waals surface area (Å²) in [5.41, 5.74) is 7.06. The average molecular weight is 300 g/mol. The smallest absolute Gasteiger partial charge is 0.179 e. The van der Waals surface area contributed by atoms with Crippen LogP contribution < -0.4 is 5.73 Å². The van der Waals surface area contributed by atoms with Crippen molar-refractivity contribution < 1.29 is 0 Å². The van der Waals surface area contributed by atoms with Crippen molar-refractivity contribution in [2.24, 2.45) is 5.73 Å². The Balaban J connectivity index is 2.27. The zero-order valence-electron chi connectivity index (χ0n) is 10.2. The maximum Gasteiger partial charge on any atom is 0.179 e. The topological polar surface area (TPSA) is 51.8 Å². The lowest BCUT2D eigenvalue weighted by Gasteiger charge is -2.10. The third-order valence-corrected chi connectivity index (χ3v) is 4.50. The Bertz CT molecular complexity index is 540. The number of nitrogens with two attached hydrogens (primary N) is 1. The van der Waals surface area contributed by atoms with Gasteiger partial charge in [-0.3, -0.25) is 0 Å². The van der Waals surface area contributed by atoms with E-state index in [0.29, 0.717) is 0 Å². The molecule has 0 bridgehead atoms. The van der Waals surface area contributed by atoms with Crippen molar-refractivity contribution in [2.75, 3.05) is 0 Å². The lowest BCUT2D eigenvalue weighted by atomic mass is 10.1. The van der Waals surface area contributed by atoms with Gasteiger partial charge in [0.1, 0.15) is 5.01 Å². The zero-order chi connectivity index (χ0) is 13.1. The molecule has 96 valence electrons. The number of aryl methyl sites for hydroxylation is 1. The third kappa shape index (κ3) is 3.68. The summed E-state index contributed by atoms with van der Waals surface area (Å²) >= 11 is 9.23. The van der Waals surface area contributed by atoms with Gasteiger partial charge in [-0.1, -0.05) is 40.8 Å². The molecule has 3 nitrogen and oxygen atoms in total. The molecule has 0 fully saturated rings. The highest BCUT2D eigenvalue weighted by Crippen LogP contribution is 2.34. The molecule has 2 aromatic rings. The molecule has 1 aromatic heterocycles. The molecular formula is C12H14ClN3S2. The fraction of sp³-hybridized carbons (Fsp3) is 0.333. The summed E-state index contributed by atoms with van der Waals surface area (Å²) in [5, 5.41) is 9.83. The molecule has 2 N–H and O–H groups in total. The number of rotatable bonds is 4. The molecule has 0 aliphatic carbocycles. The van der Waals surface area contributed by atoms with Crippen LogP contribution in [-0.4, -0.2) is 16.2 Å². The number of aromatic nitrogens is 2. The molecule has 1 heterocycles. The second-order valence-corrected chi connectivity index (χ2v) is 7.03. The van der Waals surface area contributed by atoms with Crippen LogP contribution in [0.4, 0.5) is 0 Å². The van der Waals surface area contributed by atoms with Gasteiger partial charge < -0.3 is 5.73 Å². The summed E-state index contributed by atoms with van der Waals surface area (Å²) in [6.45, 7) is 3.95. The van der Waals surface area contributed by atoms with Gasteiger partial charge in [0.15, 0.2) is 4.34 Å². The average Bonchev–Trinajstić information content (AvgIpc) is 2.67. The third-order valence-electron chi connectivity index (χ3n) is 2.28. The molecule has 0 aliphatic heterocycles.